The second kappa shape index (κ2) is 8.79. The van der Waals surface area contributed by atoms with Gasteiger partial charge in [0.25, 0.3) is 11.6 Å². The molecule has 29 heavy (non-hydrogen) atoms. The van der Waals surface area contributed by atoms with E-state index in [0.717, 1.165) is 5.56 Å². The summed E-state index contributed by atoms with van der Waals surface area (Å²) < 4.78 is 12.0. The first-order valence-electron chi connectivity index (χ1n) is 8.48. The van der Waals surface area contributed by atoms with E-state index in [4.69, 9.17) is 9.15 Å². The molecule has 0 bridgehead atoms. The standard InChI is InChI=1S/C20H16Br2N2O5/c1-11-3-4-14(7-12(11)2)28-10-15-5-6-18(29-15)20(25)23-19-16(21)8-13(24(26)27)9-17(19)22/h3-9H,10H2,1-2H3,(H,23,25). The van der Waals surface area contributed by atoms with Gasteiger partial charge in [0, 0.05) is 21.1 Å². The van der Waals surface area contributed by atoms with Crippen molar-refractivity contribution < 1.29 is 18.9 Å². The predicted octanol–water partition coefficient (Wildman–Crippen LogP) is 6.16. The molecule has 0 aliphatic rings. The first-order valence-corrected chi connectivity index (χ1v) is 10.1. The number of nitrogens with zero attached hydrogens (tertiary/aromatic N) is 1. The number of carbonyl (C=O) groups excluding carboxylic acids is 1. The van der Waals surface area contributed by atoms with Crippen LogP contribution in [0.1, 0.15) is 27.4 Å². The minimum atomic E-state index is -0.518. The molecule has 3 aromatic rings. The second-order valence-corrected chi connectivity index (χ2v) is 8.01. The highest BCUT2D eigenvalue weighted by Gasteiger charge is 2.18. The molecule has 0 aliphatic carbocycles. The molecule has 2 aromatic carbocycles. The molecule has 0 saturated heterocycles. The molecule has 0 radical (unpaired) electrons. The summed E-state index contributed by atoms with van der Waals surface area (Å²) >= 11 is 6.47. The van der Waals surface area contributed by atoms with Crippen molar-refractivity contribution in [1.82, 2.24) is 0 Å². The van der Waals surface area contributed by atoms with E-state index in [9.17, 15) is 14.9 Å². The number of nitro groups is 1. The summed E-state index contributed by atoms with van der Waals surface area (Å²) in [6.45, 7) is 4.21. The average molecular weight is 524 g/mol. The molecule has 3 rings (SSSR count). The van der Waals surface area contributed by atoms with Crippen molar-refractivity contribution in [3.8, 4) is 5.75 Å². The minimum Gasteiger partial charge on any atom is -0.486 e. The monoisotopic (exact) mass is 522 g/mol. The molecular weight excluding hydrogens is 508 g/mol. The Morgan fingerprint density at radius 3 is 2.41 bits per heavy atom. The number of furan rings is 1. The van der Waals surface area contributed by atoms with Crippen LogP contribution in [0.2, 0.25) is 0 Å². The largest absolute Gasteiger partial charge is 0.486 e. The third kappa shape index (κ3) is 5.04. The maximum atomic E-state index is 12.5. The smallest absolute Gasteiger partial charge is 0.291 e. The van der Waals surface area contributed by atoms with Crippen LogP contribution in [0.5, 0.6) is 5.75 Å². The third-order valence-electron chi connectivity index (χ3n) is 4.22. The second-order valence-electron chi connectivity index (χ2n) is 6.30. The van der Waals surface area contributed by atoms with Crippen molar-refractivity contribution in [1.29, 1.82) is 0 Å². The Hall–Kier alpha value is -2.65. The summed E-state index contributed by atoms with van der Waals surface area (Å²) in [6.07, 6.45) is 0. The molecule has 0 aliphatic heterocycles. The van der Waals surface area contributed by atoms with Crippen LogP contribution >= 0.6 is 31.9 Å². The number of halogens is 2. The number of rotatable bonds is 6. The van der Waals surface area contributed by atoms with Gasteiger partial charge in [0.05, 0.1) is 10.6 Å². The van der Waals surface area contributed by atoms with Crippen LogP contribution in [0.3, 0.4) is 0 Å². The van der Waals surface area contributed by atoms with E-state index in [0.29, 0.717) is 26.1 Å². The molecular formula is C20H16Br2N2O5. The fraction of sp³-hybridized carbons (Fsp3) is 0.150. The number of hydrogen-bond donors (Lipinski definition) is 1. The zero-order valence-electron chi connectivity index (χ0n) is 15.5. The van der Waals surface area contributed by atoms with E-state index in [1.165, 1.54) is 17.7 Å². The van der Waals surface area contributed by atoms with Crippen LogP contribution in [-0.4, -0.2) is 10.8 Å². The zero-order valence-corrected chi connectivity index (χ0v) is 18.7. The summed E-state index contributed by atoms with van der Waals surface area (Å²) in [6, 6.07) is 11.6. The highest BCUT2D eigenvalue weighted by molar-refractivity contribution is 9.11. The van der Waals surface area contributed by atoms with Gasteiger partial charge in [-0.3, -0.25) is 14.9 Å². The lowest BCUT2D eigenvalue weighted by atomic mass is 10.1. The number of non-ortho nitro benzene ring substituents is 1. The van der Waals surface area contributed by atoms with Gasteiger partial charge in [0.15, 0.2) is 5.76 Å². The van der Waals surface area contributed by atoms with E-state index in [1.54, 1.807) is 12.1 Å². The van der Waals surface area contributed by atoms with E-state index in [1.807, 2.05) is 32.0 Å². The molecule has 1 amide bonds. The number of anilines is 1. The highest BCUT2D eigenvalue weighted by Crippen LogP contribution is 2.35. The van der Waals surface area contributed by atoms with E-state index >= 15 is 0 Å². The summed E-state index contributed by atoms with van der Waals surface area (Å²) in [5, 5.41) is 13.6. The number of nitrogens with one attached hydrogen (secondary N) is 1. The SMILES string of the molecule is Cc1ccc(OCc2ccc(C(=O)Nc3c(Br)cc([N+](=O)[O-])cc3Br)o2)cc1C. The predicted molar refractivity (Wildman–Crippen MR) is 115 cm³/mol. The van der Waals surface area contributed by atoms with Gasteiger partial charge in [-0.2, -0.15) is 0 Å². The van der Waals surface area contributed by atoms with Crippen LogP contribution in [0.4, 0.5) is 11.4 Å². The Morgan fingerprint density at radius 2 is 1.79 bits per heavy atom. The summed E-state index contributed by atoms with van der Waals surface area (Å²) in [4.78, 5) is 22.9. The molecule has 9 heteroatoms. The topological polar surface area (TPSA) is 94.6 Å². The molecule has 0 saturated carbocycles. The van der Waals surface area contributed by atoms with Crippen molar-refractivity contribution in [3.05, 3.63) is 84.2 Å². The normalized spacial score (nSPS) is 10.6. The number of benzene rings is 2. The summed E-state index contributed by atoms with van der Waals surface area (Å²) in [5.74, 6) is 0.822. The number of nitro benzene ring substituents is 1. The molecule has 0 unspecified atom stereocenters. The number of ether oxygens (including phenoxy) is 1. The molecule has 1 heterocycles. The number of aryl methyl sites for hydroxylation is 2. The van der Waals surface area contributed by atoms with Crippen molar-refractivity contribution in [3.63, 3.8) is 0 Å². The summed E-state index contributed by atoms with van der Waals surface area (Å²) in [7, 11) is 0. The van der Waals surface area contributed by atoms with E-state index in [2.05, 4.69) is 37.2 Å². The number of carbonyl (C=O) groups is 1. The molecule has 1 aromatic heterocycles. The fourth-order valence-corrected chi connectivity index (χ4v) is 3.86. The van der Waals surface area contributed by atoms with Gasteiger partial charge >= 0.3 is 0 Å². The van der Waals surface area contributed by atoms with Crippen molar-refractivity contribution in [2.75, 3.05) is 5.32 Å². The molecule has 1 N–H and O–H groups in total. The van der Waals surface area contributed by atoms with Crippen molar-refractivity contribution >= 4 is 49.1 Å². The first-order chi connectivity index (χ1) is 13.7. The lowest BCUT2D eigenvalue weighted by molar-refractivity contribution is -0.385. The number of hydrogen-bond acceptors (Lipinski definition) is 5. The van der Waals surface area contributed by atoms with Gasteiger partial charge in [0.2, 0.25) is 0 Å². The Bertz CT molecular complexity index is 1070. The van der Waals surface area contributed by atoms with Gasteiger partial charge in [-0.15, -0.1) is 0 Å². The van der Waals surface area contributed by atoms with Gasteiger partial charge in [-0.05, 0) is 81.1 Å². The minimum absolute atomic E-state index is 0.0980. The van der Waals surface area contributed by atoms with Crippen LogP contribution in [0, 0.1) is 24.0 Å². The zero-order chi connectivity index (χ0) is 21.1. The van der Waals surface area contributed by atoms with E-state index in [-0.39, 0.29) is 18.1 Å². The molecule has 0 fully saturated rings. The average Bonchev–Trinajstić information content (AvgIpc) is 3.14. The number of amides is 1. The van der Waals surface area contributed by atoms with Crippen LogP contribution < -0.4 is 10.1 Å². The van der Waals surface area contributed by atoms with Gasteiger partial charge in [-0.1, -0.05) is 6.07 Å². The highest BCUT2D eigenvalue weighted by atomic mass is 79.9. The third-order valence-corrected chi connectivity index (χ3v) is 5.47. The maximum Gasteiger partial charge on any atom is 0.291 e. The first kappa shape index (κ1) is 21.1. The lowest BCUT2D eigenvalue weighted by Gasteiger charge is -2.09. The van der Waals surface area contributed by atoms with Crippen molar-refractivity contribution in [2.45, 2.75) is 20.5 Å². The Labute approximate surface area is 183 Å². The molecule has 0 atom stereocenters. The van der Waals surface area contributed by atoms with Crippen molar-refractivity contribution in [2.24, 2.45) is 0 Å². The van der Waals surface area contributed by atoms with Crippen LogP contribution in [0.15, 0.2) is 55.8 Å². The fourth-order valence-electron chi connectivity index (χ4n) is 2.50. The molecule has 0 spiro atoms. The quantitative estimate of drug-likeness (QED) is 0.308. The Morgan fingerprint density at radius 1 is 1.10 bits per heavy atom. The Kier molecular flexibility index (Phi) is 6.39. The van der Waals surface area contributed by atoms with Gasteiger partial charge in [0.1, 0.15) is 18.1 Å². The summed E-state index contributed by atoms with van der Waals surface area (Å²) in [5.41, 5.74) is 2.56. The van der Waals surface area contributed by atoms with Gasteiger partial charge < -0.3 is 14.5 Å². The molecule has 7 nitrogen and oxygen atoms in total. The van der Waals surface area contributed by atoms with E-state index < -0.39 is 10.8 Å². The van der Waals surface area contributed by atoms with Gasteiger partial charge in [-0.25, -0.2) is 0 Å². The lowest BCUT2D eigenvalue weighted by Crippen LogP contribution is -2.12. The van der Waals surface area contributed by atoms with Crippen LogP contribution in [-0.2, 0) is 6.61 Å². The van der Waals surface area contributed by atoms with Crippen LogP contribution in [0.25, 0.3) is 0 Å². The molecule has 150 valence electrons. The Balaban J connectivity index is 1.68. The maximum absolute atomic E-state index is 12.5.